The average molecular weight is 248 g/mol. The number of benzene rings is 1. The van der Waals surface area contributed by atoms with E-state index in [0.717, 1.165) is 5.75 Å². The van der Waals surface area contributed by atoms with Crippen LogP contribution in [0.3, 0.4) is 0 Å². The maximum Gasteiger partial charge on any atom is 0.275 e. The molecule has 2 aromatic rings. The second-order valence-corrected chi connectivity index (χ2v) is 4.39. The van der Waals surface area contributed by atoms with E-state index in [4.69, 9.17) is 4.74 Å². The van der Waals surface area contributed by atoms with E-state index in [1.54, 1.807) is 31.3 Å². The normalized spacial score (nSPS) is 10.9. The Kier molecular flexibility index (Phi) is 3.14. The third-order valence-corrected chi connectivity index (χ3v) is 2.55. The summed E-state index contributed by atoms with van der Waals surface area (Å²) in [5, 5.41) is 12.3. The first-order valence-electron chi connectivity index (χ1n) is 5.74. The maximum absolute atomic E-state index is 11.7. The Bertz CT molecular complexity index is 594. The summed E-state index contributed by atoms with van der Waals surface area (Å²) < 4.78 is 6.80. The van der Waals surface area contributed by atoms with Crippen molar-refractivity contribution in [3.63, 3.8) is 0 Å². The van der Waals surface area contributed by atoms with Crippen LogP contribution in [0.4, 0.5) is 0 Å². The van der Waals surface area contributed by atoms with Crippen molar-refractivity contribution >= 4 is 0 Å². The molecule has 5 heteroatoms. The van der Waals surface area contributed by atoms with Crippen molar-refractivity contribution in [1.29, 1.82) is 0 Å². The van der Waals surface area contributed by atoms with Gasteiger partial charge in [0.15, 0.2) is 0 Å². The molecule has 2 N–H and O–H groups in total. The lowest BCUT2D eigenvalue weighted by molar-refractivity contribution is 0.242. The molecule has 0 unspecified atom stereocenters. The molecule has 2 rings (SSSR count). The van der Waals surface area contributed by atoms with Gasteiger partial charge in [0.05, 0.1) is 6.10 Å². The highest BCUT2D eigenvalue weighted by Gasteiger charge is 2.13. The monoisotopic (exact) mass is 248 g/mol. The number of hydrogen-bond acceptors (Lipinski definition) is 3. The zero-order valence-corrected chi connectivity index (χ0v) is 10.6. The van der Waals surface area contributed by atoms with Gasteiger partial charge in [0, 0.05) is 7.05 Å². The first kappa shape index (κ1) is 12.3. The quantitative estimate of drug-likeness (QED) is 0.871. The molecule has 1 aromatic carbocycles. The van der Waals surface area contributed by atoms with Crippen molar-refractivity contribution in [3.05, 3.63) is 34.6 Å². The Morgan fingerprint density at radius 1 is 1.28 bits per heavy atom. The third kappa shape index (κ3) is 2.25. The van der Waals surface area contributed by atoms with E-state index >= 15 is 0 Å². The first-order chi connectivity index (χ1) is 8.49. The van der Waals surface area contributed by atoms with Crippen LogP contribution in [0.1, 0.15) is 13.8 Å². The number of rotatable bonds is 3. The molecule has 0 saturated carbocycles. The lowest BCUT2D eigenvalue weighted by atomic mass is 10.1. The third-order valence-electron chi connectivity index (χ3n) is 2.55. The molecule has 0 radical (unpaired) electrons. The van der Waals surface area contributed by atoms with Gasteiger partial charge in [0.2, 0.25) is 5.88 Å². The Hall–Kier alpha value is -2.17. The minimum absolute atomic E-state index is 0.0717. The largest absolute Gasteiger partial charge is 0.493 e. The van der Waals surface area contributed by atoms with Crippen LogP contribution in [0, 0.1) is 0 Å². The molecular formula is C13H16N2O3. The highest BCUT2D eigenvalue weighted by molar-refractivity contribution is 5.68. The van der Waals surface area contributed by atoms with Gasteiger partial charge < -0.3 is 9.84 Å². The van der Waals surface area contributed by atoms with Gasteiger partial charge >= 0.3 is 0 Å². The predicted molar refractivity (Wildman–Crippen MR) is 68.9 cm³/mol. The number of aryl methyl sites for hydroxylation is 1. The lowest BCUT2D eigenvalue weighted by Crippen LogP contribution is -2.05. The predicted octanol–water partition coefficient (Wildman–Crippen LogP) is 1.87. The van der Waals surface area contributed by atoms with Crippen molar-refractivity contribution in [2.45, 2.75) is 20.0 Å². The molecule has 96 valence electrons. The molecule has 0 aliphatic carbocycles. The van der Waals surface area contributed by atoms with Gasteiger partial charge in [-0.15, -0.1) is 0 Å². The van der Waals surface area contributed by atoms with Crippen molar-refractivity contribution < 1.29 is 9.84 Å². The van der Waals surface area contributed by atoms with Crippen LogP contribution >= 0.6 is 0 Å². The summed E-state index contributed by atoms with van der Waals surface area (Å²) in [6.45, 7) is 3.89. The van der Waals surface area contributed by atoms with Crippen LogP contribution in [0.2, 0.25) is 0 Å². The zero-order valence-electron chi connectivity index (χ0n) is 10.6. The zero-order chi connectivity index (χ0) is 13.3. The number of aromatic nitrogens is 2. The summed E-state index contributed by atoms with van der Waals surface area (Å²) in [7, 11) is 1.58. The molecule has 0 aliphatic rings. The summed E-state index contributed by atoms with van der Waals surface area (Å²) in [6.07, 6.45) is 0.101. The summed E-state index contributed by atoms with van der Waals surface area (Å²) in [4.78, 5) is 11.7. The summed E-state index contributed by atoms with van der Waals surface area (Å²) in [5.74, 6) is 0.665. The molecule has 0 bridgehead atoms. The van der Waals surface area contributed by atoms with E-state index in [1.807, 2.05) is 13.8 Å². The highest BCUT2D eigenvalue weighted by atomic mass is 16.5. The Morgan fingerprint density at radius 3 is 2.33 bits per heavy atom. The molecule has 0 fully saturated rings. The highest BCUT2D eigenvalue weighted by Crippen LogP contribution is 2.26. The summed E-state index contributed by atoms with van der Waals surface area (Å²) in [5.41, 5.74) is 0.617. The van der Waals surface area contributed by atoms with Gasteiger partial charge in [-0.3, -0.25) is 14.6 Å². The van der Waals surface area contributed by atoms with Crippen LogP contribution < -0.4 is 10.3 Å². The van der Waals surface area contributed by atoms with Crippen molar-refractivity contribution in [2.75, 3.05) is 0 Å². The first-order valence-corrected chi connectivity index (χ1v) is 5.74. The summed E-state index contributed by atoms with van der Waals surface area (Å²) >= 11 is 0. The average Bonchev–Trinajstić information content (AvgIpc) is 2.54. The second kappa shape index (κ2) is 4.60. The van der Waals surface area contributed by atoms with Crippen LogP contribution in [-0.4, -0.2) is 21.0 Å². The smallest absolute Gasteiger partial charge is 0.275 e. The van der Waals surface area contributed by atoms with Crippen molar-refractivity contribution in [1.82, 2.24) is 9.78 Å². The molecule has 0 amide bonds. The van der Waals surface area contributed by atoms with Gasteiger partial charge in [0.25, 0.3) is 5.56 Å². The maximum atomic E-state index is 11.7. The Balaban J connectivity index is 2.37. The van der Waals surface area contributed by atoms with E-state index in [1.165, 1.54) is 4.68 Å². The van der Waals surface area contributed by atoms with Gasteiger partial charge in [-0.05, 0) is 31.5 Å². The Labute approximate surface area is 105 Å². The van der Waals surface area contributed by atoms with Crippen LogP contribution in [0.15, 0.2) is 29.1 Å². The minimum atomic E-state index is -0.312. The molecule has 0 spiro atoms. The van der Waals surface area contributed by atoms with E-state index in [9.17, 15) is 9.90 Å². The fourth-order valence-corrected chi connectivity index (χ4v) is 1.76. The minimum Gasteiger partial charge on any atom is -0.493 e. The second-order valence-electron chi connectivity index (χ2n) is 4.39. The van der Waals surface area contributed by atoms with Gasteiger partial charge in [-0.25, -0.2) is 0 Å². The molecule has 18 heavy (non-hydrogen) atoms. The van der Waals surface area contributed by atoms with Gasteiger partial charge in [-0.2, -0.15) is 0 Å². The number of ether oxygens (including phenoxy) is 1. The van der Waals surface area contributed by atoms with Gasteiger partial charge in [0.1, 0.15) is 11.3 Å². The van der Waals surface area contributed by atoms with Crippen molar-refractivity contribution in [2.24, 2.45) is 7.05 Å². The molecule has 0 saturated heterocycles. The fourth-order valence-electron chi connectivity index (χ4n) is 1.76. The number of H-pyrrole nitrogens is 1. The number of nitrogens with one attached hydrogen (secondary N) is 1. The van der Waals surface area contributed by atoms with E-state index in [2.05, 4.69) is 5.10 Å². The lowest BCUT2D eigenvalue weighted by Gasteiger charge is -2.09. The molecule has 0 aliphatic heterocycles. The number of hydrogen-bond donors (Lipinski definition) is 2. The molecular weight excluding hydrogens is 232 g/mol. The Morgan fingerprint density at radius 2 is 1.89 bits per heavy atom. The van der Waals surface area contributed by atoms with E-state index in [-0.39, 0.29) is 23.1 Å². The molecule has 1 aromatic heterocycles. The van der Waals surface area contributed by atoms with Crippen LogP contribution in [-0.2, 0) is 7.05 Å². The SMILES string of the molecule is CC(C)Oc1ccc(-c2c(O)n(C)[nH]c2=O)cc1. The van der Waals surface area contributed by atoms with E-state index < -0.39 is 0 Å². The van der Waals surface area contributed by atoms with Crippen molar-refractivity contribution in [3.8, 4) is 22.8 Å². The topological polar surface area (TPSA) is 67.2 Å². The fraction of sp³-hybridized carbons (Fsp3) is 0.308. The number of nitrogens with zero attached hydrogens (tertiary/aromatic N) is 1. The molecule has 1 heterocycles. The standard InChI is InChI=1S/C13H16N2O3/c1-8(2)18-10-6-4-9(5-7-10)11-12(16)14-15(3)13(11)17/h4-8,17H,1-3H3,(H,14,16). The number of aromatic amines is 1. The van der Waals surface area contributed by atoms with Crippen LogP contribution in [0.5, 0.6) is 11.6 Å². The number of aromatic hydroxyl groups is 1. The molecule has 0 atom stereocenters. The van der Waals surface area contributed by atoms with Crippen LogP contribution in [0.25, 0.3) is 11.1 Å². The molecule has 5 nitrogen and oxygen atoms in total. The van der Waals surface area contributed by atoms with Gasteiger partial charge in [-0.1, -0.05) is 12.1 Å². The summed E-state index contributed by atoms with van der Waals surface area (Å²) in [6, 6.07) is 7.06. The van der Waals surface area contributed by atoms with E-state index in [0.29, 0.717) is 5.56 Å².